The van der Waals surface area contributed by atoms with Gasteiger partial charge < -0.3 is 15.4 Å². The summed E-state index contributed by atoms with van der Waals surface area (Å²) in [7, 11) is 0. The molecule has 3 rings (SSSR count). The number of nitrogens with zero attached hydrogens (tertiary/aromatic N) is 3. The Morgan fingerprint density at radius 3 is 3.05 bits per heavy atom. The van der Waals surface area contributed by atoms with Crippen LogP contribution >= 0.6 is 0 Å². The molecule has 2 atom stereocenters. The zero-order valence-electron chi connectivity index (χ0n) is 12.9. The summed E-state index contributed by atoms with van der Waals surface area (Å²) in [4.78, 5) is 6.84. The van der Waals surface area contributed by atoms with E-state index in [4.69, 9.17) is 10.8 Å². The van der Waals surface area contributed by atoms with Gasteiger partial charge in [-0.2, -0.15) is 0 Å². The molecular weight excluding hydrogens is 283 g/mol. The summed E-state index contributed by atoms with van der Waals surface area (Å²) in [6.45, 7) is 4.56. The van der Waals surface area contributed by atoms with Gasteiger partial charge in [-0.3, -0.25) is 4.90 Å². The molecule has 0 unspecified atom stereocenters. The van der Waals surface area contributed by atoms with E-state index in [0.717, 1.165) is 42.8 Å². The molecule has 3 N–H and O–H groups in total. The number of likely N-dealkylation sites (tertiary alicyclic amines) is 1. The van der Waals surface area contributed by atoms with E-state index >= 15 is 0 Å². The Hall–Kier alpha value is -1.50. The van der Waals surface area contributed by atoms with Crippen molar-refractivity contribution in [2.75, 3.05) is 26.2 Å². The molecule has 1 aromatic carbocycles. The summed E-state index contributed by atoms with van der Waals surface area (Å²) < 4.78 is 15.8. The fourth-order valence-corrected chi connectivity index (χ4v) is 3.38. The van der Waals surface area contributed by atoms with E-state index in [2.05, 4.69) is 14.5 Å². The number of fused-ring (bicyclic) bond motifs is 1. The van der Waals surface area contributed by atoms with Gasteiger partial charge in [0.2, 0.25) is 0 Å². The molecule has 0 bridgehead atoms. The molecule has 2 aromatic rings. The zero-order chi connectivity index (χ0) is 15.7. The van der Waals surface area contributed by atoms with Gasteiger partial charge in [-0.1, -0.05) is 0 Å². The number of nitrogens with two attached hydrogens (primary N) is 1. The maximum atomic E-state index is 13.7. The third-order valence-electron chi connectivity index (χ3n) is 4.35. The first-order chi connectivity index (χ1) is 10.6. The molecule has 1 fully saturated rings. The summed E-state index contributed by atoms with van der Waals surface area (Å²) in [5.74, 6) is 0.546. The molecule has 1 aliphatic rings. The number of benzene rings is 1. The van der Waals surface area contributed by atoms with Crippen LogP contribution in [-0.2, 0) is 0 Å². The van der Waals surface area contributed by atoms with E-state index in [1.165, 1.54) is 6.07 Å². The monoisotopic (exact) mass is 306 g/mol. The average Bonchev–Trinajstić information content (AvgIpc) is 2.86. The highest BCUT2D eigenvalue weighted by molar-refractivity contribution is 5.76. The Kier molecular flexibility index (Phi) is 4.42. The predicted octanol–water partition coefficient (Wildman–Crippen LogP) is 1.82. The number of rotatable bonds is 4. The lowest BCUT2D eigenvalue weighted by molar-refractivity contribution is 0.142. The van der Waals surface area contributed by atoms with Crippen LogP contribution in [0.3, 0.4) is 0 Å². The van der Waals surface area contributed by atoms with Gasteiger partial charge in [0.05, 0.1) is 23.7 Å². The van der Waals surface area contributed by atoms with Crippen molar-refractivity contribution in [3.8, 4) is 0 Å². The fourth-order valence-electron chi connectivity index (χ4n) is 3.38. The summed E-state index contributed by atoms with van der Waals surface area (Å²) >= 11 is 0. The van der Waals surface area contributed by atoms with Crippen LogP contribution in [0.25, 0.3) is 11.0 Å². The maximum Gasteiger partial charge on any atom is 0.126 e. The lowest BCUT2D eigenvalue weighted by Gasteiger charge is -2.34. The molecular formula is C16H23FN4O. The van der Waals surface area contributed by atoms with E-state index in [9.17, 15) is 4.39 Å². The van der Waals surface area contributed by atoms with Crippen LogP contribution in [0.4, 0.5) is 4.39 Å². The number of halogens is 1. The summed E-state index contributed by atoms with van der Waals surface area (Å²) in [5, 5.41) is 9.16. The lowest BCUT2D eigenvalue weighted by Crippen LogP contribution is -2.38. The molecule has 120 valence electrons. The molecule has 0 aliphatic carbocycles. The molecule has 1 aliphatic heterocycles. The van der Waals surface area contributed by atoms with Crippen LogP contribution in [-0.4, -0.2) is 45.8 Å². The molecule has 22 heavy (non-hydrogen) atoms. The van der Waals surface area contributed by atoms with Gasteiger partial charge in [0.15, 0.2) is 0 Å². The molecule has 0 saturated carbocycles. The molecule has 2 heterocycles. The van der Waals surface area contributed by atoms with E-state index < -0.39 is 0 Å². The summed E-state index contributed by atoms with van der Waals surface area (Å²) in [6.07, 6.45) is 2.07. The van der Waals surface area contributed by atoms with Crippen molar-refractivity contribution < 1.29 is 9.50 Å². The number of aromatic nitrogens is 2. The molecule has 1 aromatic heterocycles. The number of imidazole rings is 1. The molecule has 5 nitrogen and oxygen atoms in total. The topological polar surface area (TPSA) is 67.3 Å². The van der Waals surface area contributed by atoms with Gasteiger partial charge in [0.1, 0.15) is 11.6 Å². The number of hydrogen-bond donors (Lipinski definition) is 2. The SMILES string of the molecule is C[C@H](N)c1nc2ccc(F)cc2n1[C@H]1CCCN(CCO)C1. The zero-order valence-corrected chi connectivity index (χ0v) is 12.9. The second kappa shape index (κ2) is 6.32. The van der Waals surface area contributed by atoms with Crippen molar-refractivity contribution in [3.05, 3.63) is 29.8 Å². The number of β-amino-alcohol motifs (C(OH)–C–C–N with tert-alkyl or cyclic N) is 1. The Labute approximate surface area is 129 Å². The number of aliphatic hydroxyl groups excluding tert-OH is 1. The third kappa shape index (κ3) is 2.86. The van der Waals surface area contributed by atoms with Crippen LogP contribution in [0.15, 0.2) is 18.2 Å². The maximum absolute atomic E-state index is 13.7. The summed E-state index contributed by atoms with van der Waals surface area (Å²) in [5.41, 5.74) is 7.68. The summed E-state index contributed by atoms with van der Waals surface area (Å²) in [6, 6.07) is 4.70. The minimum atomic E-state index is -0.257. The van der Waals surface area contributed by atoms with Gasteiger partial charge in [-0.25, -0.2) is 9.37 Å². The fraction of sp³-hybridized carbons (Fsp3) is 0.562. The minimum absolute atomic E-state index is 0.159. The molecule has 6 heteroatoms. The van der Waals surface area contributed by atoms with Crippen LogP contribution in [0, 0.1) is 5.82 Å². The van der Waals surface area contributed by atoms with Crippen molar-refractivity contribution in [2.45, 2.75) is 31.8 Å². The van der Waals surface area contributed by atoms with E-state index in [1.54, 1.807) is 12.1 Å². The van der Waals surface area contributed by atoms with Gasteiger partial charge in [-0.05, 0) is 44.5 Å². The Morgan fingerprint density at radius 1 is 1.50 bits per heavy atom. The third-order valence-corrected chi connectivity index (χ3v) is 4.35. The quantitative estimate of drug-likeness (QED) is 0.904. The first kappa shape index (κ1) is 15.4. The second-order valence-corrected chi connectivity index (χ2v) is 6.08. The van der Waals surface area contributed by atoms with Gasteiger partial charge >= 0.3 is 0 Å². The highest BCUT2D eigenvalue weighted by Crippen LogP contribution is 2.30. The molecule has 0 spiro atoms. The highest BCUT2D eigenvalue weighted by Gasteiger charge is 2.26. The largest absolute Gasteiger partial charge is 0.395 e. The lowest BCUT2D eigenvalue weighted by atomic mass is 10.0. The van der Waals surface area contributed by atoms with Crippen LogP contribution in [0.2, 0.25) is 0 Å². The Balaban J connectivity index is 2.03. The first-order valence-electron chi connectivity index (χ1n) is 7.86. The standard InChI is InChI=1S/C16H23FN4O/c1-11(18)16-19-14-5-4-12(17)9-15(14)21(16)13-3-2-6-20(10-13)7-8-22/h4-5,9,11,13,22H,2-3,6-8,10,18H2,1H3/t11-,13-/m0/s1. The van der Waals surface area contributed by atoms with Gasteiger partial charge in [0, 0.05) is 19.1 Å². The van der Waals surface area contributed by atoms with Crippen molar-refractivity contribution in [2.24, 2.45) is 5.73 Å². The Morgan fingerprint density at radius 2 is 2.32 bits per heavy atom. The van der Waals surface area contributed by atoms with E-state index in [0.29, 0.717) is 6.54 Å². The van der Waals surface area contributed by atoms with Gasteiger partial charge in [0.25, 0.3) is 0 Å². The number of piperidine rings is 1. The molecule has 1 saturated heterocycles. The predicted molar refractivity (Wildman–Crippen MR) is 84.1 cm³/mol. The smallest absolute Gasteiger partial charge is 0.126 e. The highest BCUT2D eigenvalue weighted by atomic mass is 19.1. The van der Waals surface area contributed by atoms with Crippen molar-refractivity contribution in [3.63, 3.8) is 0 Å². The first-order valence-corrected chi connectivity index (χ1v) is 7.86. The van der Waals surface area contributed by atoms with Crippen molar-refractivity contribution in [1.29, 1.82) is 0 Å². The van der Waals surface area contributed by atoms with Crippen molar-refractivity contribution >= 4 is 11.0 Å². The average molecular weight is 306 g/mol. The van der Waals surface area contributed by atoms with E-state index in [1.807, 2.05) is 6.92 Å². The molecule has 0 amide bonds. The van der Waals surface area contributed by atoms with Gasteiger partial charge in [-0.15, -0.1) is 0 Å². The minimum Gasteiger partial charge on any atom is -0.395 e. The second-order valence-electron chi connectivity index (χ2n) is 6.08. The number of hydrogen-bond acceptors (Lipinski definition) is 4. The van der Waals surface area contributed by atoms with Crippen LogP contribution in [0.5, 0.6) is 0 Å². The van der Waals surface area contributed by atoms with E-state index in [-0.39, 0.29) is 24.5 Å². The normalized spacial score (nSPS) is 21.4. The van der Waals surface area contributed by atoms with Crippen LogP contribution < -0.4 is 5.73 Å². The van der Waals surface area contributed by atoms with Crippen LogP contribution in [0.1, 0.15) is 37.7 Å². The number of aliphatic hydroxyl groups is 1. The Bertz CT molecular complexity index is 653. The molecule has 0 radical (unpaired) electrons. The van der Waals surface area contributed by atoms with Crippen molar-refractivity contribution in [1.82, 2.24) is 14.5 Å².